The van der Waals surface area contributed by atoms with Crippen LogP contribution in [-0.4, -0.2) is 13.1 Å². The fraction of sp³-hybridized carbons (Fsp3) is 0.235. The molecule has 0 unspecified atom stereocenters. The number of nitrogen functional groups attached to an aromatic ring is 1. The summed E-state index contributed by atoms with van der Waals surface area (Å²) in [6.07, 6.45) is 0. The van der Waals surface area contributed by atoms with Gasteiger partial charge < -0.3 is 15.8 Å². The van der Waals surface area contributed by atoms with E-state index in [1.807, 2.05) is 6.07 Å². The fourth-order valence-electron chi connectivity index (χ4n) is 2.44. The Morgan fingerprint density at radius 2 is 1.71 bits per heavy atom. The van der Waals surface area contributed by atoms with Crippen molar-refractivity contribution in [2.45, 2.75) is 20.8 Å². The van der Waals surface area contributed by atoms with E-state index in [0.29, 0.717) is 11.3 Å². The number of hydrogen-bond donors (Lipinski definition) is 2. The quantitative estimate of drug-likeness (QED) is 0.666. The maximum atomic E-state index is 11.7. The number of methoxy groups -OCH3 is 1. The van der Waals surface area contributed by atoms with Crippen LogP contribution in [0.25, 0.3) is 0 Å². The molecule has 21 heavy (non-hydrogen) atoms. The molecule has 0 aliphatic rings. The zero-order chi connectivity index (χ0) is 15.6. The van der Waals surface area contributed by atoms with Crippen LogP contribution in [0.4, 0.5) is 17.1 Å². The van der Waals surface area contributed by atoms with Crippen LogP contribution in [0.3, 0.4) is 0 Å². The monoisotopic (exact) mass is 284 g/mol. The first-order chi connectivity index (χ1) is 9.92. The first kappa shape index (κ1) is 14.9. The minimum atomic E-state index is -0.437. The highest BCUT2D eigenvalue weighted by Crippen LogP contribution is 2.27. The number of rotatable bonds is 3. The van der Waals surface area contributed by atoms with Gasteiger partial charge in [0, 0.05) is 17.1 Å². The molecule has 2 rings (SSSR count). The summed E-state index contributed by atoms with van der Waals surface area (Å²) in [5.41, 5.74) is 12.0. The Hall–Kier alpha value is -2.49. The third-order valence-electron chi connectivity index (χ3n) is 3.40. The minimum absolute atomic E-state index is 0.366. The summed E-state index contributed by atoms with van der Waals surface area (Å²) in [6.45, 7) is 6.18. The Morgan fingerprint density at radius 1 is 1.10 bits per heavy atom. The van der Waals surface area contributed by atoms with Crippen molar-refractivity contribution in [1.29, 1.82) is 0 Å². The molecule has 0 bridgehead atoms. The summed E-state index contributed by atoms with van der Waals surface area (Å²) in [5, 5.41) is 3.35. The molecule has 3 N–H and O–H groups in total. The molecule has 0 aliphatic carbocycles. The van der Waals surface area contributed by atoms with E-state index in [0.717, 1.165) is 22.5 Å². The van der Waals surface area contributed by atoms with Gasteiger partial charge in [-0.2, -0.15) is 0 Å². The van der Waals surface area contributed by atoms with E-state index in [-0.39, 0.29) is 0 Å². The third-order valence-corrected chi connectivity index (χ3v) is 3.40. The molecule has 0 heterocycles. The Balaban J connectivity index is 2.39. The summed E-state index contributed by atoms with van der Waals surface area (Å²) < 4.78 is 4.74. The van der Waals surface area contributed by atoms with Crippen LogP contribution in [0.2, 0.25) is 0 Å². The molecule has 2 aromatic rings. The highest BCUT2D eigenvalue weighted by Gasteiger charge is 2.12. The Morgan fingerprint density at radius 3 is 2.29 bits per heavy atom. The van der Waals surface area contributed by atoms with Crippen LogP contribution in [-0.2, 0) is 4.74 Å². The molecule has 0 atom stereocenters. The molecule has 0 fully saturated rings. The number of hydrogen-bond acceptors (Lipinski definition) is 4. The lowest BCUT2D eigenvalue weighted by molar-refractivity contribution is 0.0602. The molecular formula is C17H20N2O2. The van der Waals surface area contributed by atoms with E-state index in [1.54, 1.807) is 12.1 Å². The standard InChI is InChI=1S/C17H20N2O2/c1-10-7-11(2)16(12(3)8-10)19-13-5-6-15(18)14(9-13)17(20)21-4/h5-9,19H,18H2,1-4H3. The van der Waals surface area contributed by atoms with Crippen LogP contribution in [0, 0.1) is 20.8 Å². The van der Waals surface area contributed by atoms with Gasteiger partial charge in [-0.05, 0) is 50.1 Å². The summed E-state index contributed by atoms with van der Waals surface area (Å²) in [6, 6.07) is 9.50. The number of carbonyl (C=O) groups excluding carboxylic acids is 1. The van der Waals surface area contributed by atoms with Gasteiger partial charge in [-0.3, -0.25) is 0 Å². The summed E-state index contributed by atoms with van der Waals surface area (Å²) in [7, 11) is 1.34. The molecule has 0 spiro atoms. The smallest absolute Gasteiger partial charge is 0.340 e. The van der Waals surface area contributed by atoms with Gasteiger partial charge in [-0.1, -0.05) is 17.7 Å². The summed E-state index contributed by atoms with van der Waals surface area (Å²) in [4.78, 5) is 11.7. The number of esters is 1. The molecule has 0 aromatic heterocycles. The lowest BCUT2D eigenvalue weighted by Gasteiger charge is -2.15. The van der Waals surface area contributed by atoms with Gasteiger partial charge in [0.2, 0.25) is 0 Å². The maximum absolute atomic E-state index is 11.7. The molecule has 0 radical (unpaired) electrons. The van der Waals surface area contributed by atoms with E-state index in [4.69, 9.17) is 10.5 Å². The van der Waals surface area contributed by atoms with Crippen LogP contribution in [0.5, 0.6) is 0 Å². The summed E-state index contributed by atoms with van der Waals surface area (Å²) in [5.74, 6) is -0.437. The lowest BCUT2D eigenvalue weighted by Crippen LogP contribution is -2.06. The molecule has 0 saturated carbocycles. The van der Waals surface area contributed by atoms with Crippen LogP contribution < -0.4 is 11.1 Å². The number of nitrogens with two attached hydrogens (primary N) is 1. The summed E-state index contributed by atoms with van der Waals surface area (Å²) >= 11 is 0. The molecule has 0 amide bonds. The van der Waals surface area contributed by atoms with Crippen LogP contribution in [0.15, 0.2) is 30.3 Å². The molecule has 4 heteroatoms. The van der Waals surface area contributed by atoms with Crippen molar-refractivity contribution >= 4 is 23.0 Å². The molecule has 110 valence electrons. The van der Waals surface area contributed by atoms with E-state index in [1.165, 1.54) is 12.7 Å². The number of nitrogens with one attached hydrogen (secondary N) is 1. The third kappa shape index (κ3) is 3.16. The zero-order valence-electron chi connectivity index (χ0n) is 12.8. The molecular weight excluding hydrogens is 264 g/mol. The largest absolute Gasteiger partial charge is 0.465 e. The van der Waals surface area contributed by atoms with Crippen molar-refractivity contribution in [1.82, 2.24) is 0 Å². The van der Waals surface area contributed by atoms with Crippen LogP contribution in [0.1, 0.15) is 27.0 Å². The maximum Gasteiger partial charge on any atom is 0.340 e. The second-order valence-corrected chi connectivity index (χ2v) is 5.19. The van der Waals surface area contributed by atoms with Gasteiger partial charge in [0.25, 0.3) is 0 Å². The predicted molar refractivity (Wildman–Crippen MR) is 86.1 cm³/mol. The zero-order valence-corrected chi connectivity index (χ0v) is 12.8. The normalized spacial score (nSPS) is 10.3. The van der Waals surface area contributed by atoms with Crippen molar-refractivity contribution in [3.63, 3.8) is 0 Å². The number of benzene rings is 2. The number of ether oxygens (including phenoxy) is 1. The van der Waals surface area contributed by atoms with Gasteiger partial charge in [0.15, 0.2) is 0 Å². The average molecular weight is 284 g/mol. The van der Waals surface area contributed by atoms with Crippen molar-refractivity contribution in [3.8, 4) is 0 Å². The first-order valence-corrected chi connectivity index (χ1v) is 6.75. The van der Waals surface area contributed by atoms with E-state index in [9.17, 15) is 4.79 Å². The lowest BCUT2D eigenvalue weighted by atomic mass is 10.0. The fourth-order valence-corrected chi connectivity index (χ4v) is 2.44. The molecule has 0 aliphatic heterocycles. The van der Waals surface area contributed by atoms with Crippen molar-refractivity contribution in [2.24, 2.45) is 0 Å². The van der Waals surface area contributed by atoms with Crippen molar-refractivity contribution in [2.75, 3.05) is 18.2 Å². The van der Waals surface area contributed by atoms with Gasteiger partial charge in [0.1, 0.15) is 0 Å². The highest BCUT2D eigenvalue weighted by molar-refractivity contribution is 5.96. The van der Waals surface area contributed by atoms with Gasteiger partial charge >= 0.3 is 5.97 Å². The van der Waals surface area contributed by atoms with E-state index < -0.39 is 5.97 Å². The SMILES string of the molecule is COC(=O)c1cc(Nc2c(C)cc(C)cc2C)ccc1N. The van der Waals surface area contributed by atoms with Crippen molar-refractivity contribution in [3.05, 3.63) is 52.6 Å². The number of carbonyl (C=O) groups is 1. The topological polar surface area (TPSA) is 64.3 Å². The minimum Gasteiger partial charge on any atom is -0.465 e. The molecule has 4 nitrogen and oxygen atoms in total. The Kier molecular flexibility index (Phi) is 4.17. The molecule has 2 aromatic carbocycles. The molecule has 0 saturated heterocycles. The van der Waals surface area contributed by atoms with Gasteiger partial charge in [0.05, 0.1) is 12.7 Å². The predicted octanol–water partition coefficient (Wildman–Crippen LogP) is 3.72. The Bertz CT molecular complexity index is 670. The van der Waals surface area contributed by atoms with Gasteiger partial charge in [-0.15, -0.1) is 0 Å². The van der Waals surface area contributed by atoms with Crippen molar-refractivity contribution < 1.29 is 9.53 Å². The Labute approximate surface area is 124 Å². The van der Waals surface area contributed by atoms with Crippen LogP contribution >= 0.6 is 0 Å². The van der Waals surface area contributed by atoms with E-state index >= 15 is 0 Å². The highest BCUT2D eigenvalue weighted by atomic mass is 16.5. The van der Waals surface area contributed by atoms with Gasteiger partial charge in [-0.25, -0.2) is 4.79 Å². The first-order valence-electron chi connectivity index (χ1n) is 6.75. The number of anilines is 3. The average Bonchev–Trinajstić information content (AvgIpc) is 2.43. The second kappa shape index (κ2) is 5.87. The van der Waals surface area contributed by atoms with E-state index in [2.05, 4.69) is 38.2 Å². The number of aryl methyl sites for hydroxylation is 3. The second-order valence-electron chi connectivity index (χ2n) is 5.19.